The van der Waals surface area contributed by atoms with Crippen LogP contribution in [0.15, 0.2) is 47.2 Å². The van der Waals surface area contributed by atoms with Crippen LogP contribution in [0.1, 0.15) is 37.8 Å². The van der Waals surface area contributed by atoms with Crippen molar-refractivity contribution < 1.29 is 32.6 Å². The van der Waals surface area contributed by atoms with Gasteiger partial charge in [-0.1, -0.05) is 24.2 Å². The fraction of sp³-hybridized carbons (Fsp3) is 0.435. The fourth-order valence-electron chi connectivity index (χ4n) is 4.48. The second-order valence-electron chi connectivity index (χ2n) is 9.46. The van der Waals surface area contributed by atoms with Crippen molar-refractivity contribution in [2.24, 2.45) is 5.41 Å². The van der Waals surface area contributed by atoms with Gasteiger partial charge >= 0.3 is 6.36 Å². The summed E-state index contributed by atoms with van der Waals surface area (Å²) >= 11 is 0. The molecule has 3 heterocycles. The predicted molar refractivity (Wildman–Crippen MR) is 115 cm³/mol. The summed E-state index contributed by atoms with van der Waals surface area (Å²) in [5.41, 5.74) is -2.34. The highest BCUT2D eigenvalue weighted by Crippen LogP contribution is 2.50. The maximum atomic E-state index is 12.6. The summed E-state index contributed by atoms with van der Waals surface area (Å²) in [5, 5.41) is 26.2. The molecule has 1 aliphatic heterocycles. The van der Waals surface area contributed by atoms with Gasteiger partial charge in [0.15, 0.2) is 0 Å². The van der Waals surface area contributed by atoms with E-state index in [0.29, 0.717) is 29.8 Å². The number of hydrogen-bond donors (Lipinski definition) is 2. The van der Waals surface area contributed by atoms with Crippen molar-refractivity contribution in [2.75, 3.05) is 20.1 Å². The molecule has 4 rings (SSSR count). The van der Waals surface area contributed by atoms with E-state index < -0.39 is 23.0 Å². The zero-order chi connectivity index (χ0) is 24.9. The lowest BCUT2D eigenvalue weighted by Gasteiger charge is -2.55. The van der Waals surface area contributed by atoms with Crippen LogP contribution < -0.4 is 4.74 Å². The molecule has 1 aliphatic rings. The molecule has 0 aliphatic carbocycles. The summed E-state index contributed by atoms with van der Waals surface area (Å²) in [6.45, 7) is 6.01. The Balaban J connectivity index is 1.77. The van der Waals surface area contributed by atoms with Crippen LogP contribution >= 0.6 is 0 Å². The van der Waals surface area contributed by atoms with E-state index in [1.54, 1.807) is 6.07 Å². The molecular formula is C23H25F3N4O4. The zero-order valence-electron chi connectivity index (χ0n) is 19.1. The molecule has 0 unspecified atom stereocenters. The topological polar surface area (TPSA) is 105 Å². The van der Waals surface area contributed by atoms with Crippen molar-refractivity contribution >= 4 is 0 Å². The number of benzene rings is 1. The molecule has 8 nitrogen and oxygen atoms in total. The Labute approximate surface area is 194 Å². The highest BCUT2D eigenvalue weighted by atomic mass is 19.4. The molecule has 1 saturated heterocycles. The van der Waals surface area contributed by atoms with Crippen molar-refractivity contribution in [3.8, 4) is 17.1 Å². The summed E-state index contributed by atoms with van der Waals surface area (Å²) < 4.78 is 46.9. The lowest BCUT2D eigenvalue weighted by atomic mass is 9.62. The molecule has 1 aromatic carbocycles. The SMILES string of the molecule is CN1CC(C)([C@](O)(c2ccc(OC(F)(F)F)cc2)c2cncc(-c3noc(C(C)(C)O)n3)c2)C1. The van der Waals surface area contributed by atoms with Crippen LogP contribution in [0, 0.1) is 5.41 Å². The molecule has 0 amide bonds. The molecule has 0 spiro atoms. The maximum absolute atomic E-state index is 12.6. The summed E-state index contributed by atoms with van der Waals surface area (Å²) in [7, 11) is 1.91. The summed E-state index contributed by atoms with van der Waals surface area (Å²) in [6.07, 6.45) is -1.81. The Kier molecular flexibility index (Phi) is 5.70. The molecule has 0 saturated carbocycles. The number of nitrogens with zero attached hydrogens (tertiary/aromatic N) is 4. The first kappa shape index (κ1) is 24.1. The largest absolute Gasteiger partial charge is 0.573 e. The monoisotopic (exact) mass is 478 g/mol. The summed E-state index contributed by atoms with van der Waals surface area (Å²) in [6, 6.07) is 6.84. The highest BCUT2D eigenvalue weighted by molar-refractivity contribution is 5.56. The third kappa shape index (κ3) is 4.38. The van der Waals surface area contributed by atoms with E-state index >= 15 is 0 Å². The van der Waals surface area contributed by atoms with Gasteiger partial charge in [-0.15, -0.1) is 13.2 Å². The van der Waals surface area contributed by atoms with Gasteiger partial charge in [0.25, 0.3) is 5.89 Å². The first-order valence-electron chi connectivity index (χ1n) is 10.5. The second kappa shape index (κ2) is 8.03. The van der Waals surface area contributed by atoms with Gasteiger partial charge in [-0.05, 0) is 44.7 Å². The van der Waals surface area contributed by atoms with E-state index in [2.05, 4.69) is 19.9 Å². The molecule has 34 heavy (non-hydrogen) atoms. The van der Waals surface area contributed by atoms with Crippen molar-refractivity contribution in [2.45, 2.75) is 38.3 Å². The molecule has 2 aromatic heterocycles. The Morgan fingerprint density at radius 2 is 1.71 bits per heavy atom. The van der Waals surface area contributed by atoms with Gasteiger partial charge in [0.1, 0.15) is 17.0 Å². The average Bonchev–Trinajstić information content (AvgIpc) is 3.22. The van der Waals surface area contributed by atoms with Gasteiger partial charge in [-0.2, -0.15) is 4.98 Å². The first-order chi connectivity index (χ1) is 15.7. The average molecular weight is 478 g/mol. The number of ether oxygens (including phenoxy) is 1. The van der Waals surface area contributed by atoms with E-state index in [0.717, 1.165) is 0 Å². The third-order valence-electron chi connectivity index (χ3n) is 5.98. The molecule has 182 valence electrons. The molecule has 2 N–H and O–H groups in total. The van der Waals surface area contributed by atoms with Crippen LogP contribution in [0.4, 0.5) is 13.2 Å². The number of aliphatic hydroxyl groups is 2. The van der Waals surface area contributed by atoms with Crippen LogP contribution in [0.25, 0.3) is 11.4 Å². The highest BCUT2D eigenvalue weighted by Gasteiger charge is 2.55. The van der Waals surface area contributed by atoms with Crippen LogP contribution in [0.5, 0.6) is 5.75 Å². The standard InChI is InChI=1S/C23H25F3N4O4/c1-20(2,31)19-28-18(29-34-19)14-9-16(11-27-10-14)22(32,21(3)12-30(4)13-21)15-5-7-17(8-6-15)33-23(24,25)26/h5-11,31-32H,12-13H2,1-4H3/t22-/m0/s1. The lowest BCUT2D eigenvalue weighted by Crippen LogP contribution is -2.63. The van der Waals surface area contributed by atoms with Gasteiger partial charge in [0, 0.05) is 42.0 Å². The summed E-state index contributed by atoms with van der Waals surface area (Å²) in [4.78, 5) is 10.5. The third-order valence-corrected chi connectivity index (χ3v) is 5.98. The van der Waals surface area contributed by atoms with Crippen molar-refractivity contribution in [1.29, 1.82) is 0 Å². The van der Waals surface area contributed by atoms with E-state index in [-0.39, 0.29) is 17.5 Å². The van der Waals surface area contributed by atoms with E-state index in [1.807, 2.05) is 18.9 Å². The minimum atomic E-state index is -4.81. The maximum Gasteiger partial charge on any atom is 0.573 e. The number of rotatable bonds is 6. The zero-order valence-corrected chi connectivity index (χ0v) is 19.1. The van der Waals surface area contributed by atoms with Gasteiger partial charge in [-0.25, -0.2) is 0 Å². The second-order valence-corrected chi connectivity index (χ2v) is 9.46. The number of aromatic nitrogens is 3. The quantitative estimate of drug-likeness (QED) is 0.555. The number of halogens is 3. The van der Waals surface area contributed by atoms with Gasteiger partial charge in [-0.3, -0.25) is 4.98 Å². The van der Waals surface area contributed by atoms with E-state index in [9.17, 15) is 23.4 Å². The normalized spacial score (nSPS) is 18.3. The Morgan fingerprint density at radius 3 is 2.24 bits per heavy atom. The van der Waals surface area contributed by atoms with Crippen LogP contribution in [0.2, 0.25) is 0 Å². The molecule has 0 bridgehead atoms. The Morgan fingerprint density at radius 1 is 1.06 bits per heavy atom. The predicted octanol–water partition coefficient (Wildman–Crippen LogP) is 3.45. The van der Waals surface area contributed by atoms with E-state index in [4.69, 9.17) is 4.52 Å². The van der Waals surface area contributed by atoms with Crippen LogP contribution in [-0.2, 0) is 11.2 Å². The van der Waals surface area contributed by atoms with Crippen molar-refractivity contribution in [1.82, 2.24) is 20.0 Å². The smallest absolute Gasteiger partial charge is 0.406 e. The number of pyridine rings is 1. The van der Waals surface area contributed by atoms with Gasteiger partial charge in [0.05, 0.1) is 0 Å². The molecule has 1 atom stereocenters. The number of likely N-dealkylation sites (tertiary alicyclic amines) is 1. The lowest BCUT2D eigenvalue weighted by molar-refractivity contribution is -0.274. The summed E-state index contributed by atoms with van der Waals surface area (Å²) in [5.74, 6) is -0.179. The van der Waals surface area contributed by atoms with Gasteiger partial charge in [0.2, 0.25) is 5.82 Å². The molecule has 0 radical (unpaired) electrons. The number of hydrogen-bond acceptors (Lipinski definition) is 8. The Hall–Kier alpha value is -3.02. The first-order valence-corrected chi connectivity index (χ1v) is 10.5. The molecule has 1 fully saturated rings. The van der Waals surface area contributed by atoms with Crippen LogP contribution in [-0.4, -0.2) is 56.7 Å². The molecule has 3 aromatic rings. The van der Waals surface area contributed by atoms with Gasteiger partial charge < -0.3 is 24.4 Å². The number of alkyl halides is 3. The van der Waals surface area contributed by atoms with Crippen LogP contribution in [0.3, 0.4) is 0 Å². The minimum absolute atomic E-state index is 0.0241. The minimum Gasteiger partial charge on any atom is -0.406 e. The van der Waals surface area contributed by atoms with E-state index in [1.165, 1.54) is 50.5 Å². The fourth-order valence-corrected chi connectivity index (χ4v) is 4.48. The van der Waals surface area contributed by atoms with Crippen molar-refractivity contribution in [3.05, 3.63) is 59.7 Å². The molecular weight excluding hydrogens is 453 g/mol. The molecule has 11 heteroatoms. The Bertz CT molecular complexity index is 1170. The van der Waals surface area contributed by atoms with Crippen molar-refractivity contribution in [3.63, 3.8) is 0 Å².